The first-order valence-corrected chi connectivity index (χ1v) is 8.60. The van der Waals surface area contributed by atoms with E-state index in [1.54, 1.807) is 10.1 Å². The number of hydrogen-bond donors (Lipinski definition) is 0. The maximum atomic E-state index is 7.50. The Morgan fingerprint density at radius 1 is 0.850 bits per heavy atom. The number of hydrogen-bond acceptors (Lipinski definition) is 0. The molecule has 0 bridgehead atoms. The molecule has 1 radical (unpaired) electrons. The molecule has 1 rings (SSSR count). The third-order valence-corrected chi connectivity index (χ3v) is 9.03. The zero-order valence-corrected chi connectivity index (χ0v) is 17.8. The van der Waals surface area contributed by atoms with E-state index in [2.05, 4.69) is 61.5 Å². The van der Waals surface area contributed by atoms with Crippen molar-refractivity contribution >= 4 is 23.9 Å². The smallest absolute Gasteiger partial charge is 0 e. The molecule has 0 saturated heterocycles. The molecule has 0 unspecified atom stereocenters. The zero-order valence-electron chi connectivity index (χ0n) is 12.4. The monoisotopic (exact) mass is 502 g/mol. The van der Waals surface area contributed by atoms with Gasteiger partial charge in [-0.2, -0.15) is 15.7 Å². The fraction of sp³-hybridized carbons (Fsp3) is 0.615. The standard InChI is InChI=1S/C10H18P3.3CO.Re/c1-9(2,3)7-11-8(13-12-7)10(4,5)6;3*1-2;/h1-6H3;;;;/q-1;;;;. The molecule has 1 aromatic rings. The van der Waals surface area contributed by atoms with Crippen molar-refractivity contribution in [3.8, 4) is 0 Å². The molecular weight excluding hydrogens is 483 g/mol. The molecule has 0 aliphatic carbocycles. The molecule has 1 heterocycles. The average molecular weight is 501 g/mol. The largest absolute Gasteiger partial charge is 0 e. The Bertz CT molecular complexity index is 366. The van der Waals surface area contributed by atoms with Crippen molar-refractivity contribution < 1.29 is 34.4 Å². The fourth-order valence-corrected chi connectivity index (χ4v) is 7.71. The van der Waals surface area contributed by atoms with Crippen LogP contribution < -0.4 is 0 Å². The second kappa shape index (κ2) is 14.5. The van der Waals surface area contributed by atoms with E-state index in [1.807, 2.05) is 0 Å². The van der Waals surface area contributed by atoms with Gasteiger partial charge in [-0.1, -0.05) is 52.4 Å². The topological polar surface area (TPSA) is 59.7 Å². The Morgan fingerprint density at radius 3 is 1.35 bits per heavy atom. The molecule has 0 N–H and O–H groups in total. The Labute approximate surface area is 140 Å². The summed E-state index contributed by atoms with van der Waals surface area (Å²) < 4.78 is 22.5. The molecule has 0 amide bonds. The van der Waals surface area contributed by atoms with Gasteiger partial charge in [-0.05, 0) is 0 Å². The van der Waals surface area contributed by atoms with Crippen LogP contribution in [0.4, 0.5) is 0 Å². The van der Waals surface area contributed by atoms with Crippen molar-refractivity contribution in [1.29, 1.82) is 0 Å². The zero-order chi connectivity index (χ0) is 16.3. The van der Waals surface area contributed by atoms with Crippen LogP contribution in [0.3, 0.4) is 0 Å². The fourth-order valence-electron chi connectivity index (χ4n) is 0.875. The summed E-state index contributed by atoms with van der Waals surface area (Å²) in [4.78, 5) is 0. The second-order valence-corrected chi connectivity index (χ2v) is 9.78. The van der Waals surface area contributed by atoms with Gasteiger partial charge in [0, 0.05) is 20.4 Å². The van der Waals surface area contributed by atoms with Crippen LogP contribution in [0.15, 0.2) is 0 Å². The van der Waals surface area contributed by atoms with Gasteiger partial charge in [-0.25, -0.2) is 0 Å². The first-order valence-electron chi connectivity index (χ1n) is 5.21. The van der Waals surface area contributed by atoms with Crippen molar-refractivity contribution in [2.24, 2.45) is 0 Å². The Morgan fingerprint density at radius 2 is 1.20 bits per heavy atom. The quantitative estimate of drug-likeness (QED) is 0.327. The minimum atomic E-state index is 0. The van der Waals surface area contributed by atoms with Crippen molar-refractivity contribution in [3.63, 3.8) is 0 Å². The van der Waals surface area contributed by atoms with Crippen LogP contribution in [0.25, 0.3) is 0 Å². The van der Waals surface area contributed by atoms with Crippen LogP contribution >= 0.6 is 23.9 Å². The van der Waals surface area contributed by atoms with Crippen molar-refractivity contribution in [2.75, 3.05) is 0 Å². The summed E-state index contributed by atoms with van der Waals surface area (Å²) in [5.74, 6) is 0. The van der Waals surface area contributed by atoms with Crippen LogP contribution in [-0.2, 0) is 45.2 Å². The minimum absolute atomic E-state index is 0. The molecule has 1 aromatic heterocycles. The Balaban J connectivity index is -0.000000162. The van der Waals surface area contributed by atoms with Crippen molar-refractivity contribution in [2.45, 2.75) is 52.4 Å². The third-order valence-electron chi connectivity index (χ3n) is 1.79. The van der Waals surface area contributed by atoms with E-state index in [-0.39, 0.29) is 20.4 Å². The van der Waals surface area contributed by atoms with E-state index < -0.39 is 0 Å². The molecule has 0 saturated carbocycles. The molecule has 0 atom stereocenters. The maximum absolute atomic E-state index is 7.50. The van der Waals surface area contributed by atoms with E-state index in [4.69, 9.17) is 14.0 Å². The van der Waals surface area contributed by atoms with Gasteiger partial charge in [0.25, 0.3) is 0 Å². The number of rotatable bonds is 0. The van der Waals surface area contributed by atoms with Crippen LogP contribution in [-0.4, -0.2) is 0 Å². The first kappa shape index (κ1) is 28.7. The second-order valence-electron chi connectivity index (χ2n) is 5.46. The van der Waals surface area contributed by atoms with Gasteiger partial charge in [0.15, 0.2) is 0 Å². The summed E-state index contributed by atoms with van der Waals surface area (Å²) in [6.07, 6.45) is 0. The molecule has 20 heavy (non-hydrogen) atoms. The SMILES string of the molecule is CC(C)(C)c1pp[c-](C(C)(C)C)p1.[C-]#[O+].[C-]#[O+].[C-]#[O+].[Re]. The third kappa shape index (κ3) is 12.3. The van der Waals surface area contributed by atoms with Crippen LogP contribution in [0.1, 0.15) is 51.6 Å². The van der Waals surface area contributed by atoms with E-state index in [0.29, 0.717) is 10.8 Å². The summed E-state index contributed by atoms with van der Waals surface area (Å²) in [7, 11) is 4.59. The van der Waals surface area contributed by atoms with E-state index >= 15 is 0 Å². The molecule has 0 fully saturated rings. The summed E-state index contributed by atoms with van der Waals surface area (Å²) in [6.45, 7) is 27.4. The molecular formula is C13H18O3P3Re-. The van der Waals surface area contributed by atoms with Gasteiger partial charge >= 0.3 is 33.9 Å². The molecule has 0 aliphatic heterocycles. The molecule has 3 nitrogen and oxygen atoms in total. The maximum Gasteiger partial charge on any atom is 0 e. The van der Waals surface area contributed by atoms with E-state index in [0.717, 1.165) is 0 Å². The summed E-state index contributed by atoms with van der Waals surface area (Å²) in [5, 5.41) is 3.36. The van der Waals surface area contributed by atoms with Gasteiger partial charge in [-0.15, -0.1) is 10.1 Å². The van der Waals surface area contributed by atoms with E-state index in [1.165, 1.54) is 23.9 Å². The van der Waals surface area contributed by atoms with Gasteiger partial charge < -0.3 is 0 Å². The predicted octanol–water partition coefficient (Wildman–Crippen LogP) is 5.63. The van der Waals surface area contributed by atoms with Crippen LogP contribution in [0.2, 0.25) is 0 Å². The Hall–Kier alpha value is 0.522. The minimum Gasteiger partial charge on any atom is 0 e. The molecule has 111 valence electrons. The van der Waals surface area contributed by atoms with E-state index in [9.17, 15) is 0 Å². The van der Waals surface area contributed by atoms with Crippen molar-refractivity contribution in [3.05, 3.63) is 30.0 Å². The Kier molecular flexibility index (Phi) is 20.7. The molecule has 0 aromatic carbocycles. The summed E-state index contributed by atoms with van der Waals surface area (Å²) in [5.41, 5.74) is 0.784. The van der Waals surface area contributed by atoms with Crippen LogP contribution in [0.5, 0.6) is 0 Å². The van der Waals surface area contributed by atoms with Gasteiger partial charge in [0.05, 0.1) is 0 Å². The normalized spacial score (nSPS) is 10.2. The molecule has 0 aliphatic rings. The molecule has 7 heteroatoms. The summed E-state index contributed by atoms with van der Waals surface area (Å²) in [6, 6.07) is 0. The van der Waals surface area contributed by atoms with Crippen LogP contribution in [0, 0.1) is 20.0 Å². The average Bonchev–Trinajstić information content (AvgIpc) is 2.86. The van der Waals surface area contributed by atoms with Crippen molar-refractivity contribution in [1.82, 2.24) is 0 Å². The van der Waals surface area contributed by atoms with Gasteiger partial charge in [0.1, 0.15) is 0 Å². The molecule has 0 spiro atoms. The van der Waals surface area contributed by atoms with Gasteiger partial charge in [-0.3, -0.25) is 8.19 Å². The van der Waals surface area contributed by atoms with Gasteiger partial charge in [0.2, 0.25) is 0 Å². The summed E-state index contributed by atoms with van der Waals surface area (Å²) >= 11 is 0. The first-order chi connectivity index (χ1) is 8.71. The predicted molar refractivity (Wildman–Crippen MR) is 78.8 cm³/mol.